The maximum atomic E-state index is 12.4. The predicted molar refractivity (Wildman–Crippen MR) is 139 cm³/mol. The topological polar surface area (TPSA) is 99.7 Å². The number of hydrogen-bond donors (Lipinski definition) is 3. The Morgan fingerprint density at radius 2 is 1.97 bits per heavy atom. The second-order valence-corrected chi connectivity index (χ2v) is 8.97. The summed E-state index contributed by atoms with van der Waals surface area (Å²) in [5.74, 6) is 0.0510. The third kappa shape index (κ3) is 9.25. The molecule has 34 heavy (non-hydrogen) atoms. The summed E-state index contributed by atoms with van der Waals surface area (Å²) in [6, 6.07) is 13.7. The maximum Gasteiger partial charge on any atom is 0.224 e. The molecule has 8 heteroatoms. The summed E-state index contributed by atoms with van der Waals surface area (Å²) in [5, 5.41) is 5.42. The van der Waals surface area contributed by atoms with Gasteiger partial charge in [0.1, 0.15) is 11.0 Å². The summed E-state index contributed by atoms with van der Waals surface area (Å²) < 4.78 is 15.5. The molecule has 2 amide bonds. The molecule has 180 valence electrons. The minimum Gasteiger partial charge on any atom is -0.358 e. The lowest BCUT2D eigenvalue weighted by Crippen LogP contribution is -2.17. The molecule has 0 saturated heterocycles. The van der Waals surface area contributed by atoms with E-state index in [1.54, 1.807) is 12.2 Å². The van der Waals surface area contributed by atoms with Crippen LogP contribution in [0.25, 0.3) is 0 Å². The summed E-state index contributed by atoms with van der Waals surface area (Å²) in [7, 11) is -1.26. The molecule has 1 heterocycles. The van der Waals surface area contributed by atoms with Crippen LogP contribution in [0.4, 0.5) is 5.69 Å². The van der Waals surface area contributed by atoms with Gasteiger partial charge < -0.3 is 10.6 Å². The lowest BCUT2D eigenvalue weighted by Gasteiger charge is -2.10. The first kappa shape index (κ1) is 26.9. The Kier molecular flexibility index (Phi) is 11.6. The van der Waals surface area contributed by atoms with E-state index in [-0.39, 0.29) is 5.91 Å². The highest BCUT2D eigenvalue weighted by Gasteiger charge is 2.14. The highest BCUT2D eigenvalue weighted by molar-refractivity contribution is 7.83. The third-order valence-electron chi connectivity index (χ3n) is 5.06. The van der Waals surface area contributed by atoms with Crippen molar-refractivity contribution >= 4 is 35.7 Å². The van der Waals surface area contributed by atoms with E-state index in [0.29, 0.717) is 32.3 Å². The minimum absolute atomic E-state index is 0.0510. The summed E-state index contributed by atoms with van der Waals surface area (Å²) in [5.41, 5.74) is 5.04. The highest BCUT2D eigenvalue weighted by Crippen LogP contribution is 2.24. The van der Waals surface area contributed by atoms with Crippen molar-refractivity contribution < 1.29 is 13.8 Å². The molecule has 3 rings (SSSR count). The SMILES string of the molecule is C=C/C=C(/CCNC=O)N=C.Cc1ccc(CNS(=O)c2ccc3c(c2)CCCC(=O)N3)cc1. The van der Waals surface area contributed by atoms with Crippen LogP contribution in [0.5, 0.6) is 0 Å². The van der Waals surface area contributed by atoms with Gasteiger partial charge in [-0.3, -0.25) is 14.6 Å². The summed E-state index contributed by atoms with van der Waals surface area (Å²) >= 11 is 0. The number of benzene rings is 2. The van der Waals surface area contributed by atoms with E-state index >= 15 is 0 Å². The molecule has 0 spiro atoms. The first-order valence-corrected chi connectivity index (χ1v) is 12.2. The summed E-state index contributed by atoms with van der Waals surface area (Å²) in [6.45, 7) is 10.1. The number of fused-ring (bicyclic) bond motifs is 1. The molecule has 2 aromatic rings. The first-order chi connectivity index (χ1) is 16.5. The molecule has 0 bridgehead atoms. The highest BCUT2D eigenvalue weighted by atomic mass is 32.2. The molecule has 0 fully saturated rings. The quantitative estimate of drug-likeness (QED) is 0.208. The molecule has 2 aromatic carbocycles. The fraction of sp³-hybridized carbons (Fsp3) is 0.269. The molecule has 7 nitrogen and oxygen atoms in total. The molecule has 0 saturated carbocycles. The number of aryl methyl sites for hydroxylation is 2. The number of rotatable bonds is 10. The van der Waals surface area contributed by atoms with Gasteiger partial charge in [0, 0.05) is 37.3 Å². The summed E-state index contributed by atoms with van der Waals surface area (Å²) in [6.07, 6.45) is 6.95. The van der Waals surface area contributed by atoms with Crippen molar-refractivity contribution in [3.63, 3.8) is 0 Å². The van der Waals surface area contributed by atoms with Crippen molar-refractivity contribution in [2.75, 3.05) is 11.9 Å². The molecule has 1 atom stereocenters. The second kappa shape index (κ2) is 14.7. The predicted octanol–water partition coefficient (Wildman–Crippen LogP) is 3.98. The van der Waals surface area contributed by atoms with Gasteiger partial charge >= 0.3 is 0 Å². The first-order valence-electron chi connectivity index (χ1n) is 11.1. The molecule has 1 aliphatic heterocycles. The fourth-order valence-electron chi connectivity index (χ4n) is 3.21. The van der Waals surface area contributed by atoms with Gasteiger partial charge in [-0.1, -0.05) is 42.5 Å². The molecule has 0 radical (unpaired) electrons. The van der Waals surface area contributed by atoms with Crippen LogP contribution in [0.15, 0.2) is 76.8 Å². The van der Waals surface area contributed by atoms with Crippen molar-refractivity contribution in [2.24, 2.45) is 4.99 Å². The van der Waals surface area contributed by atoms with Crippen molar-refractivity contribution in [3.05, 3.63) is 83.6 Å². The normalized spacial score (nSPS) is 13.8. The van der Waals surface area contributed by atoms with Gasteiger partial charge in [-0.15, -0.1) is 0 Å². The zero-order valence-corrected chi connectivity index (χ0v) is 20.3. The van der Waals surface area contributed by atoms with Crippen LogP contribution in [0.3, 0.4) is 0 Å². The number of anilines is 1. The van der Waals surface area contributed by atoms with E-state index in [1.165, 1.54) is 5.56 Å². The van der Waals surface area contributed by atoms with E-state index < -0.39 is 11.0 Å². The Balaban J connectivity index is 0.000000316. The molecule has 0 aliphatic carbocycles. The fourth-order valence-corrected chi connectivity index (χ4v) is 4.12. The van der Waals surface area contributed by atoms with Crippen LogP contribution in [0, 0.1) is 6.92 Å². The molecule has 0 aromatic heterocycles. The standard InChI is InChI=1S/C18H20N2O2S.C8H12N2O/c1-13-5-7-14(8-6-13)12-19-23(22)16-9-10-17-15(11-16)3-2-4-18(21)20-17;1-3-4-8(9-2)5-6-10-7-11/h5-11,19H,2-4,12H2,1H3,(H,20,21);3-4,7H,1-2,5-6H2,(H,10,11)/b;8-4-. The lowest BCUT2D eigenvalue weighted by molar-refractivity contribution is -0.116. The van der Waals surface area contributed by atoms with E-state index in [1.807, 2.05) is 49.4 Å². The van der Waals surface area contributed by atoms with Gasteiger partial charge in [0.2, 0.25) is 12.3 Å². The van der Waals surface area contributed by atoms with E-state index in [2.05, 4.69) is 33.6 Å². The van der Waals surface area contributed by atoms with Crippen LogP contribution in [-0.2, 0) is 33.5 Å². The van der Waals surface area contributed by atoms with E-state index in [9.17, 15) is 13.8 Å². The zero-order chi connectivity index (χ0) is 24.8. The lowest BCUT2D eigenvalue weighted by atomic mass is 10.1. The van der Waals surface area contributed by atoms with Crippen LogP contribution in [-0.4, -0.2) is 29.8 Å². The van der Waals surface area contributed by atoms with Crippen LogP contribution >= 0.6 is 0 Å². The van der Waals surface area contributed by atoms with Crippen LogP contribution in [0.1, 0.15) is 36.0 Å². The second-order valence-electron chi connectivity index (χ2n) is 7.67. The van der Waals surface area contributed by atoms with Crippen molar-refractivity contribution in [1.82, 2.24) is 10.0 Å². The van der Waals surface area contributed by atoms with Crippen molar-refractivity contribution in [3.8, 4) is 0 Å². The third-order valence-corrected chi connectivity index (χ3v) is 6.15. The number of carbonyl (C=O) groups is 2. The number of carbonyl (C=O) groups excluding carboxylic acids is 2. The molecule has 1 aliphatic rings. The Bertz CT molecular complexity index is 1050. The van der Waals surface area contributed by atoms with Crippen molar-refractivity contribution in [2.45, 2.75) is 44.0 Å². The number of aliphatic imine (C=N–C) groups is 1. The van der Waals surface area contributed by atoms with Gasteiger partial charge in [0.05, 0.1) is 4.90 Å². The number of nitrogens with zero attached hydrogens (tertiary/aromatic N) is 1. The average Bonchev–Trinajstić information content (AvgIpc) is 3.03. The number of amides is 2. The Morgan fingerprint density at radius 1 is 1.21 bits per heavy atom. The molecular formula is C26H32N4O3S. The Hall–Kier alpha value is -3.36. The number of allylic oxidation sites excluding steroid dienone is 2. The molecule has 1 unspecified atom stereocenters. The van der Waals surface area contributed by atoms with E-state index in [4.69, 9.17) is 0 Å². The van der Waals surface area contributed by atoms with E-state index in [0.717, 1.165) is 40.2 Å². The molecule has 3 N–H and O–H groups in total. The zero-order valence-electron chi connectivity index (χ0n) is 19.5. The van der Waals surface area contributed by atoms with Gasteiger partial charge in [-0.25, -0.2) is 8.93 Å². The maximum absolute atomic E-state index is 12.4. The number of nitrogens with one attached hydrogen (secondary N) is 3. The Morgan fingerprint density at radius 3 is 2.65 bits per heavy atom. The monoisotopic (exact) mass is 480 g/mol. The van der Waals surface area contributed by atoms with Crippen LogP contribution in [0.2, 0.25) is 0 Å². The smallest absolute Gasteiger partial charge is 0.224 e. The van der Waals surface area contributed by atoms with Crippen molar-refractivity contribution in [1.29, 1.82) is 0 Å². The average molecular weight is 481 g/mol. The van der Waals surface area contributed by atoms with Gasteiger partial charge in [-0.05, 0) is 61.9 Å². The van der Waals surface area contributed by atoms with Gasteiger partial charge in [0.25, 0.3) is 0 Å². The summed E-state index contributed by atoms with van der Waals surface area (Å²) in [4.78, 5) is 25.9. The molecular weight excluding hydrogens is 448 g/mol. The minimum atomic E-state index is -1.26. The Labute approximate surface area is 204 Å². The van der Waals surface area contributed by atoms with Gasteiger partial charge in [0.15, 0.2) is 0 Å². The largest absolute Gasteiger partial charge is 0.358 e. The van der Waals surface area contributed by atoms with Gasteiger partial charge in [-0.2, -0.15) is 0 Å². The number of hydrogen-bond acceptors (Lipinski definition) is 4. The van der Waals surface area contributed by atoms with Crippen LogP contribution < -0.4 is 15.4 Å².